The van der Waals surface area contributed by atoms with Gasteiger partial charge in [0.05, 0.1) is 23.0 Å². The molecule has 3 aliphatic rings. The van der Waals surface area contributed by atoms with Crippen molar-refractivity contribution in [3.05, 3.63) is 41.5 Å². The Hall–Kier alpha value is -3.03. The molecule has 0 aromatic carbocycles. The summed E-state index contributed by atoms with van der Waals surface area (Å²) in [5.74, 6) is 0.0589. The van der Waals surface area contributed by atoms with Gasteiger partial charge in [-0.05, 0) is 36.3 Å². The first-order valence-corrected chi connectivity index (χ1v) is 11.0. The van der Waals surface area contributed by atoms with Gasteiger partial charge in [-0.3, -0.25) is 0 Å². The van der Waals surface area contributed by atoms with Crippen molar-refractivity contribution in [1.82, 2.24) is 35.0 Å². The molecule has 2 aromatic heterocycles. The summed E-state index contributed by atoms with van der Waals surface area (Å²) < 4.78 is 40.8. The van der Waals surface area contributed by atoms with Crippen molar-refractivity contribution in [2.24, 2.45) is 0 Å². The molecule has 34 heavy (non-hydrogen) atoms. The minimum Gasteiger partial charge on any atom is -0.456 e. The van der Waals surface area contributed by atoms with Crippen molar-refractivity contribution in [3.8, 4) is 5.82 Å². The van der Waals surface area contributed by atoms with Gasteiger partial charge < -0.3 is 24.4 Å². The molecule has 5 heterocycles. The number of tetrazole rings is 1. The normalized spacial score (nSPS) is 23.4. The van der Waals surface area contributed by atoms with Gasteiger partial charge in [0.1, 0.15) is 19.5 Å². The zero-order chi connectivity index (χ0) is 23.9. The molecule has 2 aromatic rings. The fourth-order valence-corrected chi connectivity index (χ4v) is 4.74. The van der Waals surface area contributed by atoms with Crippen LogP contribution in [-0.4, -0.2) is 97.1 Å². The maximum atomic E-state index is 14.5. The number of aliphatic hydroxyl groups is 1. The standard InChI is InChI=1S/C21H25F2N7O4/c1-14-16(10-33-19(14)32)29-11-20(34-21(22,23)12-29)4-6-28(7-5-20)9-17(31)15-2-3-18(24-8-15)30-13-25-26-27-30/h2-3,8,13,17,31H,4-7,9-12H2,1H3/t17-/m1/s1. The summed E-state index contributed by atoms with van der Waals surface area (Å²) in [4.78, 5) is 19.6. The van der Waals surface area contributed by atoms with Crippen LogP contribution in [0.5, 0.6) is 0 Å². The maximum Gasteiger partial charge on any atom is 0.373 e. The van der Waals surface area contributed by atoms with Crippen LogP contribution in [0.1, 0.15) is 31.4 Å². The molecule has 2 fully saturated rings. The number of hydrogen-bond acceptors (Lipinski definition) is 10. The molecule has 5 rings (SSSR count). The number of halogens is 2. The lowest BCUT2D eigenvalue weighted by Gasteiger charge is -2.50. The van der Waals surface area contributed by atoms with Crippen molar-refractivity contribution >= 4 is 5.97 Å². The second kappa shape index (κ2) is 8.64. The van der Waals surface area contributed by atoms with Gasteiger partial charge in [-0.15, -0.1) is 5.10 Å². The first-order chi connectivity index (χ1) is 16.2. The third-order valence-electron chi connectivity index (χ3n) is 6.62. The molecule has 0 saturated carbocycles. The summed E-state index contributed by atoms with van der Waals surface area (Å²) in [6.07, 6.45) is -0.366. The number of aliphatic hydroxyl groups excluding tert-OH is 1. The summed E-state index contributed by atoms with van der Waals surface area (Å²) in [7, 11) is 0. The molecule has 13 heteroatoms. The molecule has 1 atom stereocenters. The van der Waals surface area contributed by atoms with Gasteiger partial charge in [0.25, 0.3) is 0 Å². The number of rotatable bonds is 5. The summed E-state index contributed by atoms with van der Waals surface area (Å²) in [5.41, 5.74) is 0.477. The monoisotopic (exact) mass is 477 g/mol. The van der Waals surface area contributed by atoms with E-state index in [1.807, 2.05) is 4.90 Å². The van der Waals surface area contributed by atoms with Crippen molar-refractivity contribution in [2.75, 3.05) is 39.3 Å². The summed E-state index contributed by atoms with van der Waals surface area (Å²) in [6.45, 7) is 2.59. The predicted molar refractivity (Wildman–Crippen MR) is 112 cm³/mol. The number of ether oxygens (including phenoxy) is 2. The molecule has 0 unspecified atom stereocenters. The van der Waals surface area contributed by atoms with Crippen molar-refractivity contribution in [1.29, 1.82) is 0 Å². The highest BCUT2D eigenvalue weighted by molar-refractivity contribution is 5.90. The van der Waals surface area contributed by atoms with Gasteiger partial charge in [-0.1, -0.05) is 6.07 Å². The van der Waals surface area contributed by atoms with E-state index >= 15 is 0 Å². The van der Waals surface area contributed by atoms with Crippen LogP contribution in [0.3, 0.4) is 0 Å². The minimum absolute atomic E-state index is 0.00932. The molecule has 0 radical (unpaired) electrons. The number of likely N-dealkylation sites (tertiary alicyclic amines) is 1. The molecule has 0 aliphatic carbocycles. The number of carbonyl (C=O) groups is 1. The number of nitrogens with zero attached hydrogens (tertiary/aromatic N) is 7. The van der Waals surface area contributed by atoms with Crippen LogP contribution in [0.4, 0.5) is 8.78 Å². The average Bonchev–Trinajstić information content (AvgIpc) is 3.45. The quantitative estimate of drug-likeness (QED) is 0.616. The van der Waals surface area contributed by atoms with Gasteiger partial charge in [0.15, 0.2) is 5.82 Å². The van der Waals surface area contributed by atoms with E-state index in [0.29, 0.717) is 55.1 Å². The van der Waals surface area contributed by atoms with Crippen molar-refractivity contribution < 1.29 is 28.2 Å². The number of β-amino-alcohol motifs (C(OH)–C–C–N with tert-alkyl or cyclic N) is 1. The maximum absolute atomic E-state index is 14.5. The Bertz CT molecular complexity index is 1070. The van der Waals surface area contributed by atoms with Crippen LogP contribution in [0.25, 0.3) is 5.82 Å². The SMILES string of the molecule is CC1=C(N2CC(F)(F)OC3(CCN(C[C@@H](O)c4ccc(-n5cnnn5)nc4)CC3)C2)COC1=O. The second-order valence-corrected chi connectivity index (χ2v) is 8.95. The number of pyridine rings is 1. The number of hydrogen-bond donors (Lipinski definition) is 1. The molecule has 11 nitrogen and oxygen atoms in total. The highest BCUT2D eigenvalue weighted by Gasteiger charge is 2.52. The zero-order valence-corrected chi connectivity index (χ0v) is 18.6. The van der Waals surface area contributed by atoms with Gasteiger partial charge in [0.2, 0.25) is 0 Å². The van der Waals surface area contributed by atoms with Crippen LogP contribution in [-0.2, 0) is 14.3 Å². The highest BCUT2D eigenvalue weighted by Crippen LogP contribution is 2.40. The Balaban J connectivity index is 1.21. The number of piperidine rings is 1. The van der Waals surface area contributed by atoms with Gasteiger partial charge >= 0.3 is 12.1 Å². The summed E-state index contributed by atoms with van der Waals surface area (Å²) >= 11 is 0. The molecule has 1 spiro atoms. The minimum atomic E-state index is -3.33. The van der Waals surface area contributed by atoms with E-state index in [0.717, 1.165) is 0 Å². The first-order valence-electron chi connectivity index (χ1n) is 11.0. The lowest BCUT2D eigenvalue weighted by atomic mass is 9.88. The van der Waals surface area contributed by atoms with E-state index in [1.54, 1.807) is 25.3 Å². The molecule has 2 saturated heterocycles. The van der Waals surface area contributed by atoms with Crippen LogP contribution < -0.4 is 0 Å². The Morgan fingerprint density at radius 1 is 1.24 bits per heavy atom. The van der Waals surface area contributed by atoms with Gasteiger partial charge in [-0.2, -0.15) is 13.5 Å². The fourth-order valence-electron chi connectivity index (χ4n) is 4.74. The number of esters is 1. The summed E-state index contributed by atoms with van der Waals surface area (Å²) in [5, 5.41) is 21.6. The third-order valence-corrected chi connectivity index (χ3v) is 6.62. The average molecular weight is 477 g/mol. The first kappa shape index (κ1) is 22.7. The second-order valence-electron chi connectivity index (χ2n) is 8.95. The largest absolute Gasteiger partial charge is 0.456 e. The lowest BCUT2D eigenvalue weighted by Crippen LogP contribution is -2.61. The van der Waals surface area contributed by atoms with Crippen LogP contribution in [0.15, 0.2) is 35.9 Å². The summed E-state index contributed by atoms with van der Waals surface area (Å²) in [6, 6.07) is 3.46. The molecular formula is C21H25F2N7O4. The van der Waals surface area contributed by atoms with Crippen LogP contribution in [0, 0.1) is 0 Å². The number of morpholine rings is 1. The lowest BCUT2D eigenvalue weighted by molar-refractivity contribution is -0.334. The topological polar surface area (TPSA) is 119 Å². The van der Waals surface area contributed by atoms with Gasteiger partial charge in [-0.25, -0.2) is 9.78 Å². The number of aromatic nitrogens is 5. The van der Waals surface area contributed by atoms with E-state index in [9.17, 15) is 18.7 Å². The third kappa shape index (κ3) is 4.50. The Morgan fingerprint density at radius 3 is 2.65 bits per heavy atom. The molecule has 1 N–H and O–H groups in total. The fraction of sp³-hybridized carbons (Fsp3) is 0.571. The number of cyclic esters (lactones) is 1. The Morgan fingerprint density at radius 2 is 2.03 bits per heavy atom. The Labute approximate surface area is 193 Å². The molecule has 3 aliphatic heterocycles. The van der Waals surface area contributed by atoms with Crippen LogP contribution in [0.2, 0.25) is 0 Å². The smallest absolute Gasteiger partial charge is 0.373 e. The molecule has 182 valence electrons. The van der Waals surface area contributed by atoms with E-state index in [2.05, 4.69) is 20.5 Å². The van der Waals surface area contributed by atoms with Gasteiger partial charge in [0, 0.05) is 37.9 Å². The van der Waals surface area contributed by atoms with E-state index in [-0.39, 0.29) is 13.2 Å². The zero-order valence-electron chi connectivity index (χ0n) is 18.6. The molecular weight excluding hydrogens is 452 g/mol. The Kier molecular flexibility index (Phi) is 5.78. The predicted octanol–water partition coefficient (Wildman–Crippen LogP) is 0.681. The van der Waals surface area contributed by atoms with E-state index < -0.39 is 30.3 Å². The molecule has 0 amide bonds. The van der Waals surface area contributed by atoms with Crippen LogP contribution >= 0.6 is 0 Å². The number of alkyl halides is 2. The highest BCUT2D eigenvalue weighted by atomic mass is 19.3. The number of carbonyl (C=O) groups excluding carboxylic acids is 1. The van der Waals surface area contributed by atoms with E-state index in [4.69, 9.17) is 9.47 Å². The van der Waals surface area contributed by atoms with E-state index in [1.165, 1.54) is 15.9 Å². The molecule has 0 bridgehead atoms. The van der Waals surface area contributed by atoms with Crippen molar-refractivity contribution in [2.45, 2.75) is 37.6 Å². The van der Waals surface area contributed by atoms with Crippen molar-refractivity contribution in [3.63, 3.8) is 0 Å².